The van der Waals surface area contributed by atoms with Gasteiger partial charge in [0.15, 0.2) is 0 Å². The molecule has 1 aromatic heterocycles. The lowest BCUT2D eigenvalue weighted by molar-refractivity contribution is 0.181. The predicted molar refractivity (Wildman–Crippen MR) is 99.8 cm³/mol. The molecule has 0 saturated heterocycles. The van der Waals surface area contributed by atoms with Crippen LogP contribution in [-0.4, -0.2) is 21.3 Å². The minimum absolute atomic E-state index is 0.508. The normalized spacial score (nSPS) is 12.6. The molecule has 1 N–H and O–H groups in total. The maximum Gasteiger partial charge on any atom is 0.138 e. The van der Waals surface area contributed by atoms with Crippen molar-refractivity contribution in [2.75, 3.05) is 6.61 Å². The highest BCUT2D eigenvalue weighted by molar-refractivity contribution is 5.88. The van der Waals surface area contributed by atoms with Crippen LogP contribution < -0.4 is 4.74 Å². The van der Waals surface area contributed by atoms with Crippen molar-refractivity contribution in [2.45, 2.75) is 19.6 Å². The first-order chi connectivity index (χ1) is 12.2. The van der Waals surface area contributed by atoms with Crippen LogP contribution in [0, 0.1) is 0 Å². The molecule has 0 saturated carbocycles. The largest absolute Gasteiger partial charge is 0.491 e. The Morgan fingerprint density at radius 2 is 1.76 bits per heavy atom. The smallest absolute Gasteiger partial charge is 0.138 e. The van der Waals surface area contributed by atoms with Crippen molar-refractivity contribution >= 4 is 21.8 Å². The maximum atomic E-state index is 10.0. The average molecular weight is 332 g/mol. The van der Waals surface area contributed by atoms with Gasteiger partial charge in [0.2, 0.25) is 0 Å². The van der Waals surface area contributed by atoms with Crippen LogP contribution in [0.5, 0.6) is 5.75 Å². The van der Waals surface area contributed by atoms with Crippen molar-refractivity contribution in [1.29, 1.82) is 0 Å². The topological polar surface area (TPSA) is 47.3 Å². The second kappa shape index (κ2) is 6.57. The Bertz CT molecular complexity index is 1020. The molecule has 0 bridgehead atoms. The van der Waals surface area contributed by atoms with E-state index in [1.165, 1.54) is 0 Å². The van der Waals surface area contributed by atoms with Gasteiger partial charge in [0, 0.05) is 5.39 Å². The lowest BCUT2D eigenvalue weighted by Gasteiger charge is -2.13. The van der Waals surface area contributed by atoms with Crippen LogP contribution in [0.3, 0.4) is 0 Å². The van der Waals surface area contributed by atoms with Crippen LogP contribution in [0.15, 0.2) is 66.7 Å². The molecular formula is C21H20N2O2. The molecule has 4 aromatic rings. The van der Waals surface area contributed by atoms with Gasteiger partial charge in [-0.05, 0) is 30.5 Å². The van der Waals surface area contributed by atoms with Gasteiger partial charge in [-0.25, -0.2) is 4.98 Å². The van der Waals surface area contributed by atoms with Crippen LogP contribution in [-0.2, 0) is 6.54 Å². The van der Waals surface area contributed by atoms with Gasteiger partial charge in [0.25, 0.3) is 0 Å². The van der Waals surface area contributed by atoms with E-state index < -0.39 is 6.10 Å². The fourth-order valence-electron chi connectivity index (χ4n) is 3.22. The number of fused-ring (bicyclic) bond motifs is 2. The fourth-order valence-corrected chi connectivity index (χ4v) is 3.22. The number of aromatic nitrogens is 2. The molecule has 0 aliphatic rings. The SMILES string of the molecule is CC(O)c1nc2ccccc2n1CCOc1cccc2ccccc12. The third-order valence-corrected chi connectivity index (χ3v) is 4.38. The number of ether oxygens (including phenoxy) is 1. The van der Waals surface area contributed by atoms with Gasteiger partial charge in [0.05, 0.1) is 17.6 Å². The zero-order valence-corrected chi connectivity index (χ0v) is 14.1. The highest BCUT2D eigenvalue weighted by Crippen LogP contribution is 2.26. The Morgan fingerprint density at radius 1 is 1.00 bits per heavy atom. The first-order valence-electron chi connectivity index (χ1n) is 8.48. The van der Waals surface area contributed by atoms with E-state index in [-0.39, 0.29) is 0 Å². The van der Waals surface area contributed by atoms with Gasteiger partial charge in [-0.15, -0.1) is 0 Å². The monoisotopic (exact) mass is 332 g/mol. The van der Waals surface area contributed by atoms with Gasteiger partial charge in [-0.2, -0.15) is 0 Å². The molecule has 1 unspecified atom stereocenters. The highest BCUT2D eigenvalue weighted by atomic mass is 16.5. The molecule has 1 atom stereocenters. The number of rotatable bonds is 5. The van der Waals surface area contributed by atoms with Gasteiger partial charge in [-0.3, -0.25) is 0 Å². The summed E-state index contributed by atoms with van der Waals surface area (Å²) in [5.74, 6) is 1.55. The molecule has 0 aliphatic heterocycles. The number of aliphatic hydroxyl groups excluding tert-OH is 1. The summed E-state index contributed by atoms with van der Waals surface area (Å²) in [5.41, 5.74) is 1.91. The number of hydrogen-bond donors (Lipinski definition) is 1. The second-order valence-corrected chi connectivity index (χ2v) is 6.11. The molecule has 1 heterocycles. The summed E-state index contributed by atoms with van der Waals surface area (Å²) in [6, 6.07) is 22.2. The van der Waals surface area contributed by atoms with Crippen LogP contribution in [0.25, 0.3) is 21.8 Å². The van der Waals surface area contributed by atoms with E-state index in [9.17, 15) is 5.11 Å². The lowest BCUT2D eigenvalue weighted by Crippen LogP contribution is -2.13. The van der Waals surface area contributed by atoms with E-state index in [0.717, 1.165) is 27.6 Å². The summed E-state index contributed by atoms with van der Waals surface area (Å²) in [7, 11) is 0. The minimum atomic E-state index is -0.620. The van der Waals surface area contributed by atoms with E-state index in [1.54, 1.807) is 6.92 Å². The van der Waals surface area contributed by atoms with Crippen molar-refractivity contribution in [3.05, 3.63) is 72.6 Å². The van der Waals surface area contributed by atoms with Crippen LogP contribution in [0.1, 0.15) is 18.9 Å². The molecule has 0 aliphatic carbocycles. The molecule has 0 spiro atoms. The number of para-hydroxylation sites is 2. The van der Waals surface area contributed by atoms with E-state index in [1.807, 2.05) is 53.1 Å². The molecule has 3 aromatic carbocycles. The van der Waals surface area contributed by atoms with Crippen LogP contribution >= 0.6 is 0 Å². The summed E-state index contributed by atoms with van der Waals surface area (Å²) >= 11 is 0. The molecule has 4 nitrogen and oxygen atoms in total. The van der Waals surface area contributed by atoms with Crippen LogP contribution in [0.4, 0.5) is 0 Å². The maximum absolute atomic E-state index is 10.0. The summed E-state index contributed by atoms with van der Waals surface area (Å²) in [5, 5.41) is 12.3. The van der Waals surface area contributed by atoms with Crippen molar-refractivity contribution < 1.29 is 9.84 Å². The standard InChI is InChI=1S/C21H20N2O2/c1-15(24)21-22-18-10-4-5-11-19(18)23(21)13-14-25-20-12-6-8-16-7-2-3-9-17(16)20/h2-12,15,24H,13-14H2,1H3. The number of aliphatic hydroxyl groups is 1. The van der Waals surface area contributed by atoms with Gasteiger partial charge in [0.1, 0.15) is 24.3 Å². The van der Waals surface area contributed by atoms with Crippen molar-refractivity contribution in [1.82, 2.24) is 9.55 Å². The molecule has 4 heteroatoms. The predicted octanol–water partition coefficient (Wildman–Crippen LogP) is 4.32. The highest BCUT2D eigenvalue weighted by Gasteiger charge is 2.14. The minimum Gasteiger partial charge on any atom is -0.491 e. The van der Waals surface area contributed by atoms with E-state index in [0.29, 0.717) is 19.0 Å². The number of nitrogens with zero attached hydrogens (tertiary/aromatic N) is 2. The van der Waals surface area contributed by atoms with Crippen molar-refractivity contribution in [2.24, 2.45) is 0 Å². The van der Waals surface area contributed by atoms with Gasteiger partial charge >= 0.3 is 0 Å². The third kappa shape index (κ3) is 2.96. The van der Waals surface area contributed by atoms with Gasteiger partial charge < -0.3 is 14.4 Å². The first kappa shape index (κ1) is 15.7. The molecule has 25 heavy (non-hydrogen) atoms. The van der Waals surface area contributed by atoms with Crippen molar-refractivity contribution in [3.8, 4) is 5.75 Å². The summed E-state index contributed by atoms with van der Waals surface area (Å²) in [6.45, 7) is 2.88. The number of hydrogen-bond acceptors (Lipinski definition) is 3. The Kier molecular flexibility index (Phi) is 4.12. The molecule has 4 rings (SSSR count). The summed E-state index contributed by atoms with van der Waals surface area (Å²) in [4.78, 5) is 4.55. The quantitative estimate of drug-likeness (QED) is 0.592. The Labute approximate surface area is 146 Å². The zero-order chi connectivity index (χ0) is 17.2. The molecule has 0 fully saturated rings. The van der Waals surface area contributed by atoms with E-state index >= 15 is 0 Å². The molecule has 0 amide bonds. The van der Waals surface area contributed by atoms with Crippen molar-refractivity contribution in [3.63, 3.8) is 0 Å². The molecule has 126 valence electrons. The number of imidazole rings is 1. The van der Waals surface area contributed by atoms with Gasteiger partial charge in [-0.1, -0.05) is 48.5 Å². The zero-order valence-electron chi connectivity index (χ0n) is 14.1. The Morgan fingerprint density at radius 3 is 2.64 bits per heavy atom. The fraction of sp³-hybridized carbons (Fsp3) is 0.190. The molecule has 0 radical (unpaired) electrons. The second-order valence-electron chi connectivity index (χ2n) is 6.11. The molecular weight excluding hydrogens is 312 g/mol. The number of benzene rings is 3. The third-order valence-electron chi connectivity index (χ3n) is 4.38. The lowest BCUT2D eigenvalue weighted by atomic mass is 10.1. The Balaban J connectivity index is 1.59. The average Bonchev–Trinajstić information content (AvgIpc) is 3.01. The van der Waals surface area contributed by atoms with E-state index in [4.69, 9.17) is 4.74 Å². The summed E-state index contributed by atoms with van der Waals surface area (Å²) in [6.07, 6.45) is -0.620. The Hall–Kier alpha value is -2.85. The first-order valence-corrected chi connectivity index (χ1v) is 8.48. The van der Waals surface area contributed by atoms with E-state index in [2.05, 4.69) is 23.2 Å². The summed E-state index contributed by atoms with van der Waals surface area (Å²) < 4.78 is 8.08. The van der Waals surface area contributed by atoms with Crippen LogP contribution in [0.2, 0.25) is 0 Å².